The highest BCUT2D eigenvalue weighted by atomic mass is 16.6. The number of anilines is 2. The van der Waals surface area contributed by atoms with Gasteiger partial charge in [0.2, 0.25) is 5.91 Å². The van der Waals surface area contributed by atoms with Gasteiger partial charge in [-0.15, -0.1) is 0 Å². The van der Waals surface area contributed by atoms with E-state index in [-0.39, 0.29) is 25.4 Å². The van der Waals surface area contributed by atoms with Crippen LogP contribution in [0.3, 0.4) is 0 Å². The zero-order valence-electron chi connectivity index (χ0n) is 23.6. The summed E-state index contributed by atoms with van der Waals surface area (Å²) in [5.41, 5.74) is 3.84. The fourth-order valence-electron chi connectivity index (χ4n) is 3.68. The lowest BCUT2D eigenvalue weighted by Crippen LogP contribution is -2.44. The summed E-state index contributed by atoms with van der Waals surface area (Å²) in [4.78, 5) is 38.2. The number of nitrogens with one attached hydrogen (secondary N) is 3. The van der Waals surface area contributed by atoms with E-state index in [2.05, 4.69) is 22.9 Å². The van der Waals surface area contributed by atoms with Crippen LogP contribution in [-0.4, -0.2) is 36.2 Å². The van der Waals surface area contributed by atoms with Gasteiger partial charge in [-0.3, -0.25) is 4.79 Å². The Morgan fingerprint density at radius 3 is 2.24 bits per heavy atom. The highest BCUT2D eigenvalue weighted by Gasteiger charge is 2.26. The molecule has 2 aromatic rings. The Labute approximate surface area is 226 Å². The number of amides is 2. The van der Waals surface area contributed by atoms with Gasteiger partial charge in [0.1, 0.15) is 18.2 Å². The zero-order valence-corrected chi connectivity index (χ0v) is 23.6. The molecule has 2 aromatic carbocycles. The van der Waals surface area contributed by atoms with E-state index in [0.717, 1.165) is 48.2 Å². The molecular formula is C30H43N3O5. The second kappa shape index (κ2) is 15.0. The molecule has 0 spiro atoms. The lowest BCUT2D eigenvalue weighted by molar-refractivity contribution is -0.147. The minimum absolute atomic E-state index is 0.00308. The van der Waals surface area contributed by atoms with Crippen molar-refractivity contribution >= 4 is 29.3 Å². The van der Waals surface area contributed by atoms with Crippen LogP contribution < -0.4 is 16.0 Å². The summed E-state index contributed by atoms with van der Waals surface area (Å²) in [5.74, 6) is -0.895. The number of aryl methyl sites for hydroxylation is 2. The Kier molecular flexibility index (Phi) is 12.1. The summed E-state index contributed by atoms with van der Waals surface area (Å²) in [5, 5.41) is 8.96. The van der Waals surface area contributed by atoms with Crippen LogP contribution in [0.15, 0.2) is 42.5 Å². The van der Waals surface area contributed by atoms with Gasteiger partial charge < -0.3 is 25.4 Å². The van der Waals surface area contributed by atoms with Crippen molar-refractivity contribution < 1.29 is 23.9 Å². The average Bonchev–Trinajstić information content (AvgIpc) is 2.85. The van der Waals surface area contributed by atoms with Crippen LogP contribution in [0, 0.1) is 13.8 Å². The van der Waals surface area contributed by atoms with Gasteiger partial charge in [0.05, 0.1) is 11.4 Å². The van der Waals surface area contributed by atoms with E-state index in [4.69, 9.17) is 9.47 Å². The SMILES string of the molecule is CCCCCNc1cc(C)c(C)cc1NC(=O)CC[C@H](NC(=O)OC(C)(C)C)C(=O)OCc1ccccc1. The first-order chi connectivity index (χ1) is 18.0. The molecule has 0 aliphatic heterocycles. The van der Waals surface area contributed by atoms with Crippen molar-refractivity contribution in [2.75, 3.05) is 17.2 Å². The van der Waals surface area contributed by atoms with E-state index in [0.29, 0.717) is 5.69 Å². The second-order valence-corrected chi connectivity index (χ2v) is 10.5. The maximum absolute atomic E-state index is 12.9. The number of rotatable bonds is 13. The van der Waals surface area contributed by atoms with Crippen molar-refractivity contribution in [2.45, 2.75) is 91.9 Å². The number of unbranched alkanes of at least 4 members (excludes halogenated alkanes) is 2. The minimum atomic E-state index is -1.04. The molecule has 0 heterocycles. The monoisotopic (exact) mass is 525 g/mol. The van der Waals surface area contributed by atoms with Crippen molar-refractivity contribution in [3.63, 3.8) is 0 Å². The highest BCUT2D eigenvalue weighted by Crippen LogP contribution is 2.26. The standard InChI is InChI=1S/C30H43N3O5/c1-7-8-12-17-31-25-18-21(2)22(3)19-26(25)32-27(34)16-15-24(33-29(36)38-30(4,5)6)28(35)37-20-23-13-10-9-11-14-23/h9-11,13-14,18-19,24,31H,7-8,12,15-17,20H2,1-6H3,(H,32,34)(H,33,36)/t24-/m0/s1. The van der Waals surface area contributed by atoms with Crippen LogP contribution in [-0.2, 0) is 25.7 Å². The van der Waals surface area contributed by atoms with Gasteiger partial charge in [-0.2, -0.15) is 0 Å². The van der Waals surface area contributed by atoms with Gasteiger partial charge in [-0.1, -0.05) is 50.1 Å². The van der Waals surface area contributed by atoms with Gasteiger partial charge in [-0.05, 0) is 76.3 Å². The van der Waals surface area contributed by atoms with Gasteiger partial charge in [0.15, 0.2) is 0 Å². The minimum Gasteiger partial charge on any atom is -0.459 e. The predicted octanol–water partition coefficient (Wildman–Crippen LogP) is 6.26. The molecule has 2 rings (SSSR count). The number of benzene rings is 2. The number of hydrogen-bond acceptors (Lipinski definition) is 6. The first-order valence-corrected chi connectivity index (χ1v) is 13.3. The fourth-order valence-corrected chi connectivity index (χ4v) is 3.68. The molecule has 0 saturated carbocycles. The first kappa shape index (κ1) is 30.7. The molecule has 8 nitrogen and oxygen atoms in total. The molecule has 0 aromatic heterocycles. The zero-order chi connectivity index (χ0) is 28.1. The van der Waals surface area contributed by atoms with E-state index in [1.165, 1.54) is 0 Å². The smallest absolute Gasteiger partial charge is 0.408 e. The molecular weight excluding hydrogens is 482 g/mol. The van der Waals surface area contributed by atoms with Crippen LogP contribution in [0.2, 0.25) is 0 Å². The van der Waals surface area contributed by atoms with Crippen LogP contribution in [0.1, 0.15) is 76.5 Å². The van der Waals surface area contributed by atoms with Crippen LogP contribution in [0.5, 0.6) is 0 Å². The maximum Gasteiger partial charge on any atom is 0.408 e. The third-order valence-corrected chi connectivity index (χ3v) is 5.86. The Bertz CT molecular complexity index is 1060. The number of ether oxygens (including phenoxy) is 2. The van der Waals surface area contributed by atoms with Crippen LogP contribution >= 0.6 is 0 Å². The molecule has 3 N–H and O–H groups in total. The lowest BCUT2D eigenvalue weighted by Gasteiger charge is -2.23. The van der Waals surface area contributed by atoms with Gasteiger partial charge in [0.25, 0.3) is 0 Å². The third-order valence-electron chi connectivity index (χ3n) is 5.86. The van der Waals surface area contributed by atoms with E-state index in [1.807, 2.05) is 56.3 Å². The van der Waals surface area contributed by atoms with Crippen molar-refractivity contribution in [1.29, 1.82) is 0 Å². The molecule has 8 heteroatoms. The molecule has 208 valence electrons. The number of alkyl carbamates (subject to hydrolysis) is 1. The van der Waals surface area contributed by atoms with E-state index in [1.54, 1.807) is 20.8 Å². The molecule has 2 amide bonds. The Morgan fingerprint density at radius 1 is 0.947 bits per heavy atom. The summed E-state index contributed by atoms with van der Waals surface area (Å²) in [6, 6.07) is 12.2. The highest BCUT2D eigenvalue weighted by molar-refractivity contribution is 5.95. The number of carbonyl (C=O) groups excluding carboxylic acids is 3. The Balaban J connectivity index is 2.06. The van der Waals surface area contributed by atoms with Crippen LogP contribution in [0.4, 0.5) is 16.2 Å². The van der Waals surface area contributed by atoms with E-state index < -0.39 is 23.7 Å². The van der Waals surface area contributed by atoms with Gasteiger partial charge >= 0.3 is 12.1 Å². The van der Waals surface area contributed by atoms with Crippen molar-refractivity contribution in [3.8, 4) is 0 Å². The molecule has 0 unspecified atom stereocenters. The first-order valence-electron chi connectivity index (χ1n) is 13.3. The normalized spacial score (nSPS) is 11.8. The summed E-state index contributed by atoms with van der Waals surface area (Å²) >= 11 is 0. The maximum atomic E-state index is 12.9. The van der Waals surface area contributed by atoms with E-state index in [9.17, 15) is 14.4 Å². The molecule has 0 fully saturated rings. The largest absolute Gasteiger partial charge is 0.459 e. The summed E-state index contributed by atoms with van der Waals surface area (Å²) < 4.78 is 10.7. The average molecular weight is 526 g/mol. The molecule has 1 atom stereocenters. The van der Waals surface area contributed by atoms with Gasteiger partial charge in [0, 0.05) is 13.0 Å². The number of hydrogen-bond donors (Lipinski definition) is 3. The third kappa shape index (κ3) is 11.2. The summed E-state index contributed by atoms with van der Waals surface area (Å²) in [6.07, 6.45) is 2.62. The molecule has 0 bridgehead atoms. The topological polar surface area (TPSA) is 106 Å². The number of carbonyl (C=O) groups is 3. The summed E-state index contributed by atoms with van der Waals surface area (Å²) in [7, 11) is 0. The molecule has 0 saturated heterocycles. The molecule has 0 aliphatic rings. The Hall–Kier alpha value is -3.55. The number of esters is 1. The van der Waals surface area contributed by atoms with E-state index >= 15 is 0 Å². The van der Waals surface area contributed by atoms with Crippen molar-refractivity contribution in [3.05, 3.63) is 59.2 Å². The Morgan fingerprint density at radius 2 is 1.61 bits per heavy atom. The molecule has 0 radical (unpaired) electrons. The fraction of sp³-hybridized carbons (Fsp3) is 0.500. The second-order valence-electron chi connectivity index (χ2n) is 10.5. The van der Waals surface area contributed by atoms with Crippen molar-refractivity contribution in [1.82, 2.24) is 5.32 Å². The lowest BCUT2D eigenvalue weighted by atomic mass is 10.1. The quantitative estimate of drug-likeness (QED) is 0.211. The molecule has 38 heavy (non-hydrogen) atoms. The van der Waals surface area contributed by atoms with Gasteiger partial charge in [-0.25, -0.2) is 9.59 Å². The summed E-state index contributed by atoms with van der Waals surface area (Å²) in [6.45, 7) is 12.3. The molecule has 0 aliphatic carbocycles. The van der Waals surface area contributed by atoms with Crippen molar-refractivity contribution in [2.24, 2.45) is 0 Å². The van der Waals surface area contributed by atoms with Crippen LogP contribution in [0.25, 0.3) is 0 Å². The predicted molar refractivity (Wildman–Crippen MR) is 151 cm³/mol.